The van der Waals surface area contributed by atoms with Crippen LogP contribution in [0.1, 0.15) is 18.5 Å². The van der Waals surface area contributed by atoms with Crippen molar-refractivity contribution in [1.82, 2.24) is 10.2 Å². The van der Waals surface area contributed by atoms with Crippen LogP contribution in [0.3, 0.4) is 0 Å². The van der Waals surface area contributed by atoms with Crippen molar-refractivity contribution in [3.8, 4) is 5.75 Å². The van der Waals surface area contributed by atoms with Crippen molar-refractivity contribution in [3.05, 3.63) is 60.2 Å². The maximum atomic E-state index is 13.0. The van der Waals surface area contributed by atoms with Gasteiger partial charge < -0.3 is 19.3 Å². The third-order valence-electron chi connectivity index (χ3n) is 5.78. The van der Waals surface area contributed by atoms with Gasteiger partial charge in [-0.25, -0.2) is 4.99 Å². The number of para-hydroxylation sites is 2. The number of anilines is 1. The lowest BCUT2D eigenvalue weighted by Crippen LogP contribution is -2.57. The Kier molecular flexibility index (Phi) is 6.58. The molecule has 2 aliphatic rings. The predicted octanol–water partition coefficient (Wildman–Crippen LogP) is 2.22. The Morgan fingerprint density at radius 1 is 1.03 bits per heavy atom. The average molecular weight is 437 g/mol. The number of benzene rings is 2. The largest absolute Gasteiger partial charge is 0.495 e. The van der Waals surface area contributed by atoms with E-state index in [1.54, 1.807) is 14.0 Å². The highest BCUT2D eigenvalue weighted by Crippen LogP contribution is 2.32. The quantitative estimate of drug-likeness (QED) is 0.572. The molecule has 1 amide bonds. The van der Waals surface area contributed by atoms with Crippen LogP contribution in [0.5, 0.6) is 5.75 Å². The molecule has 2 aromatic rings. The second-order valence-electron chi connectivity index (χ2n) is 7.67. The van der Waals surface area contributed by atoms with Gasteiger partial charge in [0.15, 0.2) is 5.92 Å². The Balaban J connectivity index is 1.55. The van der Waals surface area contributed by atoms with Crippen LogP contribution < -0.4 is 15.0 Å². The minimum atomic E-state index is -1.00. The van der Waals surface area contributed by atoms with Crippen molar-refractivity contribution in [2.24, 2.45) is 10.9 Å². The first-order chi connectivity index (χ1) is 15.6. The molecule has 2 heterocycles. The number of guanidine groups is 1. The number of rotatable bonds is 5. The van der Waals surface area contributed by atoms with Crippen molar-refractivity contribution >= 4 is 23.5 Å². The van der Waals surface area contributed by atoms with E-state index >= 15 is 0 Å². The Hall–Kier alpha value is -3.55. The third-order valence-corrected chi connectivity index (χ3v) is 5.78. The molecule has 0 aliphatic carbocycles. The van der Waals surface area contributed by atoms with Gasteiger partial charge in [-0.1, -0.05) is 42.5 Å². The lowest BCUT2D eigenvalue weighted by Gasteiger charge is -2.40. The number of carbonyl (C=O) groups is 2. The van der Waals surface area contributed by atoms with Gasteiger partial charge in [0.1, 0.15) is 11.8 Å². The number of esters is 1. The van der Waals surface area contributed by atoms with E-state index in [0.717, 1.165) is 30.1 Å². The molecule has 0 unspecified atom stereocenters. The zero-order valence-electron chi connectivity index (χ0n) is 18.4. The van der Waals surface area contributed by atoms with Crippen molar-refractivity contribution in [3.63, 3.8) is 0 Å². The molecule has 168 valence electrons. The fourth-order valence-corrected chi connectivity index (χ4v) is 4.17. The molecule has 0 saturated carbocycles. The van der Waals surface area contributed by atoms with Crippen molar-refractivity contribution in [1.29, 1.82) is 0 Å². The van der Waals surface area contributed by atoms with Gasteiger partial charge in [0.2, 0.25) is 11.9 Å². The van der Waals surface area contributed by atoms with Crippen molar-refractivity contribution in [2.45, 2.75) is 13.0 Å². The summed E-state index contributed by atoms with van der Waals surface area (Å²) in [7, 11) is 1.67. The maximum Gasteiger partial charge on any atom is 0.321 e. The van der Waals surface area contributed by atoms with Crippen molar-refractivity contribution < 1.29 is 19.1 Å². The van der Waals surface area contributed by atoms with E-state index < -0.39 is 17.9 Å². The van der Waals surface area contributed by atoms with Crippen LogP contribution >= 0.6 is 0 Å². The average Bonchev–Trinajstić information content (AvgIpc) is 2.84. The molecule has 8 heteroatoms. The molecule has 8 nitrogen and oxygen atoms in total. The third kappa shape index (κ3) is 4.39. The van der Waals surface area contributed by atoms with Gasteiger partial charge in [-0.3, -0.25) is 14.9 Å². The number of carbonyl (C=O) groups excluding carboxylic acids is 2. The van der Waals surface area contributed by atoms with Crippen molar-refractivity contribution in [2.75, 3.05) is 44.8 Å². The van der Waals surface area contributed by atoms with Gasteiger partial charge in [0.05, 0.1) is 19.4 Å². The Morgan fingerprint density at radius 2 is 1.69 bits per heavy atom. The molecular weight excluding hydrogens is 408 g/mol. The molecule has 2 atom stereocenters. The van der Waals surface area contributed by atoms with E-state index in [9.17, 15) is 9.59 Å². The van der Waals surface area contributed by atoms with Crippen LogP contribution in [-0.4, -0.2) is 62.6 Å². The Bertz CT molecular complexity index is 987. The number of amides is 1. The molecule has 1 fully saturated rings. The normalized spacial score (nSPS) is 20.9. The monoisotopic (exact) mass is 436 g/mol. The number of nitrogens with zero attached hydrogens (tertiary/aromatic N) is 3. The van der Waals surface area contributed by atoms with Crippen LogP contribution in [0.4, 0.5) is 5.69 Å². The first-order valence-electron chi connectivity index (χ1n) is 10.9. The molecular formula is C24H28N4O4. The van der Waals surface area contributed by atoms with E-state index in [1.165, 1.54) is 0 Å². The van der Waals surface area contributed by atoms with Gasteiger partial charge >= 0.3 is 5.97 Å². The van der Waals surface area contributed by atoms with Crippen LogP contribution in [0.25, 0.3) is 0 Å². The van der Waals surface area contributed by atoms with Crippen LogP contribution in [0.15, 0.2) is 59.6 Å². The zero-order chi connectivity index (χ0) is 22.5. The SMILES string of the molecule is CCOC(=O)[C@@H]1C(=O)NC(N2CCN(c3ccccc3OC)CC2)=N[C@@H]1c1ccccc1. The van der Waals surface area contributed by atoms with E-state index in [4.69, 9.17) is 14.5 Å². The standard InChI is InChI=1S/C24H28N4O4/c1-3-32-23(30)20-21(17-9-5-4-6-10-17)25-24(26-22(20)29)28-15-13-27(14-16-28)18-11-7-8-12-19(18)31-2/h4-12,20-21H,3,13-16H2,1-2H3,(H,25,26,29)/t20-,21+/m0/s1. The summed E-state index contributed by atoms with van der Waals surface area (Å²) in [4.78, 5) is 34.6. The maximum absolute atomic E-state index is 13.0. The summed E-state index contributed by atoms with van der Waals surface area (Å²) < 4.78 is 10.7. The van der Waals surface area contributed by atoms with E-state index in [1.807, 2.05) is 54.6 Å². The number of ether oxygens (including phenoxy) is 2. The summed E-state index contributed by atoms with van der Waals surface area (Å²) in [5, 5.41) is 2.85. The molecule has 1 saturated heterocycles. The van der Waals surface area contributed by atoms with E-state index in [-0.39, 0.29) is 12.5 Å². The van der Waals surface area contributed by atoms with Gasteiger partial charge in [0, 0.05) is 26.2 Å². The van der Waals surface area contributed by atoms with Gasteiger partial charge in [0.25, 0.3) is 0 Å². The first kappa shape index (κ1) is 21.7. The minimum Gasteiger partial charge on any atom is -0.495 e. The minimum absolute atomic E-state index is 0.214. The molecule has 0 aromatic heterocycles. The van der Waals surface area contributed by atoms with E-state index in [0.29, 0.717) is 19.0 Å². The highest BCUT2D eigenvalue weighted by molar-refractivity contribution is 6.08. The summed E-state index contributed by atoms with van der Waals surface area (Å²) in [5.41, 5.74) is 1.86. The Labute approximate surface area is 187 Å². The van der Waals surface area contributed by atoms with Crippen LogP contribution in [-0.2, 0) is 14.3 Å². The number of hydrogen-bond donors (Lipinski definition) is 1. The molecule has 0 radical (unpaired) electrons. The Morgan fingerprint density at radius 3 is 2.38 bits per heavy atom. The smallest absolute Gasteiger partial charge is 0.321 e. The number of hydrogen-bond acceptors (Lipinski definition) is 7. The highest BCUT2D eigenvalue weighted by atomic mass is 16.5. The highest BCUT2D eigenvalue weighted by Gasteiger charge is 2.42. The second-order valence-corrected chi connectivity index (χ2v) is 7.67. The second kappa shape index (κ2) is 9.72. The molecule has 4 rings (SSSR count). The summed E-state index contributed by atoms with van der Waals surface area (Å²) >= 11 is 0. The number of methoxy groups -OCH3 is 1. The lowest BCUT2D eigenvalue weighted by molar-refractivity contribution is -0.153. The zero-order valence-corrected chi connectivity index (χ0v) is 18.4. The van der Waals surface area contributed by atoms with Gasteiger partial charge in [-0.2, -0.15) is 0 Å². The fraction of sp³-hybridized carbons (Fsp3) is 0.375. The molecule has 32 heavy (non-hydrogen) atoms. The first-order valence-corrected chi connectivity index (χ1v) is 10.9. The van der Waals surface area contributed by atoms with Gasteiger partial charge in [-0.15, -0.1) is 0 Å². The van der Waals surface area contributed by atoms with Crippen LogP contribution in [0, 0.1) is 5.92 Å². The summed E-state index contributed by atoms with van der Waals surface area (Å²) in [6, 6.07) is 16.8. The molecule has 1 N–H and O–H groups in total. The fourth-order valence-electron chi connectivity index (χ4n) is 4.17. The summed E-state index contributed by atoms with van der Waals surface area (Å²) in [5.74, 6) is -0.595. The number of piperazine rings is 1. The predicted molar refractivity (Wildman–Crippen MR) is 122 cm³/mol. The molecule has 2 aliphatic heterocycles. The lowest BCUT2D eigenvalue weighted by atomic mass is 9.91. The van der Waals surface area contributed by atoms with Crippen LogP contribution in [0.2, 0.25) is 0 Å². The van der Waals surface area contributed by atoms with E-state index in [2.05, 4.69) is 15.1 Å². The molecule has 0 bridgehead atoms. The molecule has 2 aromatic carbocycles. The number of aliphatic imine (C=N–C) groups is 1. The summed E-state index contributed by atoms with van der Waals surface area (Å²) in [6.07, 6.45) is 0. The topological polar surface area (TPSA) is 83.5 Å². The van der Waals surface area contributed by atoms with Gasteiger partial charge in [-0.05, 0) is 24.6 Å². The summed E-state index contributed by atoms with van der Waals surface area (Å²) in [6.45, 7) is 4.82. The molecule has 0 spiro atoms. The number of nitrogens with one attached hydrogen (secondary N) is 1.